The van der Waals surface area contributed by atoms with E-state index in [1.165, 1.54) is 0 Å². The molecule has 0 aromatic carbocycles. The molecule has 0 radical (unpaired) electrons. The van der Waals surface area contributed by atoms with Crippen LogP contribution in [0, 0.1) is 0 Å². The van der Waals surface area contributed by atoms with Crippen LogP contribution < -0.4 is 5.32 Å². The molecule has 0 atom stereocenters. The van der Waals surface area contributed by atoms with E-state index in [-0.39, 0.29) is 5.91 Å². The molecule has 1 saturated heterocycles. The first-order valence-corrected chi connectivity index (χ1v) is 2.90. The summed E-state index contributed by atoms with van der Waals surface area (Å²) in [5.74, 6) is -0.0521. The van der Waals surface area contributed by atoms with E-state index in [0.29, 0.717) is 5.70 Å². The smallest absolute Gasteiger partial charge is 0.266 e. The van der Waals surface area contributed by atoms with Gasteiger partial charge < -0.3 is 10.2 Å². The van der Waals surface area contributed by atoms with E-state index in [4.69, 9.17) is 0 Å². The molecule has 50 valence electrons. The van der Waals surface area contributed by atoms with Gasteiger partial charge in [0.2, 0.25) is 0 Å². The molecule has 0 bridgehead atoms. The standard InChI is InChI=1S/C6H10N2O/c1-5-6(9)7-3-4-8(5)2/h1,3-4H2,2H3,(H,7,9). The second-order valence-corrected chi connectivity index (χ2v) is 2.12. The maximum atomic E-state index is 10.8. The second kappa shape index (κ2) is 2.09. The zero-order valence-corrected chi connectivity index (χ0v) is 5.48. The molecule has 3 nitrogen and oxygen atoms in total. The quantitative estimate of drug-likeness (QED) is 0.446. The molecule has 1 aliphatic rings. The largest absolute Gasteiger partial charge is 0.369 e. The van der Waals surface area contributed by atoms with Gasteiger partial charge in [-0.1, -0.05) is 6.58 Å². The van der Waals surface area contributed by atoms with Crippen LogP contribution in [0.4, 0.5) is 0 Å². The molecule has 0 aliphatic carbocycles. The number of nitrogens with one attached hydrogen (secondary N) is 1. The lowest BCUT2D eigenvalue weighted by molar-refractivity contribution is -0.120. The van der Waals surface area contributed by atoms with Gasteiger partial charge in [-0.2, -0.15) is 0 Å². The first-order valence-electron chi connectivity index (χ1n) is 2.90. The van der Waals surface area contributed by atoms with Crippen LogP contribution in [-0.2, 0) is 4.79 Å². The summed E-state index contributed by atoms with van der Waals surface area (Å²) in [7, 11) is 1.86. The Morgan fingerprint density at radius 3 is 2.89 bits per heavy atom. The summed E-state index contributed by atoms with van der Waals surface area (Å²) in [5.41, 5.74) is 0.557. The van der Waals surface area contributed by atoms with Crippen LogP contribution in [0.25, 0.3) is 0 Å². The van der Waals surface area contributed by atoms with Gasteiger partial charge in [-0.3, -0.25) is 4.79 Å². The van der Waals surface area contributed by atoms with Crippen molar-refractivity contribution in [2.45, 2.75) is 0 Å². The Balaban J connectivity index is 2.62. The van der Waals surface area contributed by atoms with E-state index < -0.39 is 0 Å². The van der Waals surface area contributed by atoms with E-state index in [1.807, 2.05) is 11.9 Å². The van der Waals surface area contributed by atoms with Crippen LogP contribution in [-0.4, -0.2) is 30.9 Å². The van der Waals surface area contributed by atoms with E-state index in [0.717, 1.165) is 13.1 Å². The number of amides is 1. The molecule has 1 aliphatic heterocycles. The van der Waals surface area contributed by atoms with Crippen LogP contribution in [0.1, 0.15) is 0 Å². The first kappa shape index (κ1) is 6.13. The summed E-state index contributed by atoms with van der Waals surface area (Å²) in [6.45, 7) is 5.19. The molecule has 0 spiro atoms. The molecule has 0 aromatic heterocycles. The second-order valence-electron chi connectivity index (χ2n) is 2.12. The summed E-state index contributed by atoms with van der Waals surface area (Å²) < 4.78 is 0. The lowest BCUT2D eigenvalue weighted by Gasteiger charge is -2.25. The van der Waals surface area contributed by atoms with Crippen LogP contribution >= 0.6 is 0 Å². The highest BCUT2D eigenvalue weighted by Crippen LogP contribution is 2.00. The molecule has 1 fully saturated rings. The lowest BCUT2D eigenvalue weighted by atomic mass is 10.3. The van der Waals surface area contributed by atoms with Gasteiger partial charge in [-0.15, -0.1) is 0 Å². The van der Waals surface area contributed by atoms with Crippen LogP contribution in [0.2, 0.25) is 0 Å². The maximum absolute atomic E-state index is 10.8. The minimum Gasteiger partial charge on any atom is -0.369 e. The summed E-state index contributed by atoms with van der Waals surface area (Å²) in [5, 5.41) is 2.68. The fraction of sp³-hybridized carbons (Fsp3) is 0.500. The van der Waals surface area contributed by atoms with Crippen molar-refractivity contribution in [1.82, 2.24) is 10.2 Å². The monoisotopic (exact) mass is 126 g/mol. The number of likely N-dealkylation sites (N-methyl/N-ethyl adjacent to an activating group) is 1. The van der Waals surface area contributed by atoms with Crippen molar-refractivity contribution in [1.29, 1.82) is 0 Å². The minimum atomic E-state index is -0.0521. The van der Waals surface area contributed by atoms with Crippen molar-refractivity contribution in [2.24, 2.45) is 0 Å². The highest BCUT2D eigenvalue weighted by Gasteiger charge is 2.15. The van der Waals surface area contributed by atoms with Gasteiger partial charge >= 0.3 is 0 Å². The predicted molar refractivity (Wildman–Crippen MR) is 34.8 cm³/mol. The van der Waals surface area contributed by atoms with Crippen LogP contribution in [0.15, 0.2) is 12.3 Å². The average Bonchev–Trinajstić information content (AvgIpc) is 1.83. The Morgan fingerprint density at radius 2 is 2.44 bits per heavy atom. The number of carbonyl (C=O) groups excluding carboxylic acids is 1. The molecular weight excluding hydrogens is 116 g/mol. The summed E-state index contributed by atoms with van der Waals surface area (Å²) in [6, 6.07) is 0. The van der Waals surface area contributed by atoms with Gasteiger partial charge in [0.05, 0.1) is 5.70 Å². The third kappa shape index (κ3) is 1.04. The molecule has 0 aromatic rings. The molecular formula is C6H10N2O. The van der Waals surface area contributed by atoms with Crippen molar-refractivity contribution >= 4 is 5.91 Å². The van der Waals surface area contributed by atoms with Gasteiger partial charge in [0.25, 0.3) is 5.91 Å². The van der Waals surface area contributed by atoms with Gasteiger partial charge in [0.1, 0.15) is 0 Å². The van der Waals surface area contributed by atoms with Crippen molar-refractivity contribution in [3.05, 3.63) is 12.3 Å². The number of nitrogens with zero attached hydrogens (tertiary/aromatic N) is 1. The van der Waals surface area contributed by atoms with Gasteiger partial charge in [-0.05, 0) is 0 Å². The van der Waals surface area contributed by atoms with E-state index in [2.05, 4.69) is 11.9 Å². The molecule has 0 saturated carbocycles. The third-order valence-electron chi connectivity index (χ3n) is 1.46. The predicted octanol–water partition coefficient (Wildman–Crippen LogP) is -0.438. The SMILES string of the molecule is C=C1C(=O)NCCN1C. The number of carbonyl (C=O) groups is 1. The van der Waals surface area contributed by atoms with Gasteiger partial charge in [0, 0.05) is 20.1 Å². The molecule has 0 unspecified atom stereocenters. The highest BCUT2D eigenvalue weighted by atomic mass is 16.2. The van der Waals surface area contributed by atoms with E-state index in [1.54, 1.807) is 0 Å². The molecule has 3 heteroatoms. The van der Waals surface area contributed by atoms with Crippen molar-refractivity contribution in [3.63, 3.8) is 0 Å². The summed E-state index contributed by atoms with van der Waals surface area (Å²) in [6.07, 6.45) is 0. The number of piperazine rings is 1. The maximum Gasteiger partial charge on any atom is 0.266 e. The fourth-order valence-electron chi connectivity index (χ4n) is 0.747. The van der Waals surface area contributed by atoms with Gasteiger partial charge in [0.15, 0.2) is 0 Å². The number of hydrogen-bond donors (Lipinski definition) is 1. The fourth-order valence-corrected chi connectivity index (χ4v) is 0.747. The zero-order chi connectivity index (χ0) is 6.85. The topological polar surface area (TPSA) is 32.3 Å². The number of rotatable bonds is 0. The third-order valence-corrected chi connectivity index (χ3v) is 1.46. The van der Waals surface area contributed by atoms with Crippen LogP contribution in [0.5, 0.6) is 0 Å². The molecule has 1 rings (SSSR count). The van der Waals surface area contributed by atoms with Crippen LogP contribution in [0.3, 0.4) is 0 Å². The average molecular weight is 126 g/mol. The zero-order valence-electron chi connectivity index (χ0n) is 5.48. The normalized spacial score (nSPS) is 19.9. The minimum absolute atomic E-state index is 0.0521. The van der Waals surface area contributed by atoms with Gasteiger partial charge in [-0.25, -0.2) is 0 Å². The molecule has 1 heterocycles. The van der Waals surface area contributed by atoms with Crippen molar-refractivity contribution < 1.29 is 4.79 Å². The molecule has 9 heavy (non-hydrogen) atoms. The Hall–Kier alpha value is -0.990. The van der Waals surface area contributed by atoms with Crippen molar-refractivity contribution in [2.75, 3.05) is 20.1 Å². The lowest BCUT2D eigenvalue weighted by Crippen LogP contribution is -2.43. The Kier molecular flexibility index (Phi) is 1.42. The highest BCUT2D eigenvalue weighted by molar-refractivity contribution is 5.92. The Bertz CT molecular complexity index is 153. The van der Waals surface area contributed by atoms with E-state index in [9.17, 15) is 4.79 Å². The Labute approximate surface area is 54.3 Å². The van der Waals surface area contributed by atoms with E-state index >= 15 is 0 Å². The Morgan fingerprint density at radius 1 is 1.78 bits per heavy atom. The summed E-state index contributed by atoms with van der Waals surface area (Å²) >= 11 is 0. The first-order chi connectivity index (χ1) is 4.22. The molecule has 1 N–H and O–H groups in total. The number of hydrogen-bond acceptors (Lipinski definition) is 2. The summed E-state index contributed by atoms with van der Waals surface area (Å²) in [4.78, 5) is 12.6. The van der Waals surface area contributed by atoms with Crippen molar-refractivity contribution in [3.8, 4) is 0 Å². The molecule has 1 amide bonds.